The van der Waals surface area contributed by atoms with Gasteiger partial charge in [0.2, 0.25) is 5.82 Å². The molecule has 5 nitrogen and oxygen atoms in total. The number of aromatic hydroxyl groups is 1. The lowest BCUT2D eigenvalue weighted by molar-refractivity contribution is 0.430. The third kappa shape index (κ3) is 2.43. The minimum Gasteiger partial charge on any atom is -0.505 e. The molecule has 0 atom stereocenters. The Kier molecular flexibility index (Phi) is 3.06. The SMILES string of the molecule is Cc1cc(-c2nc(-c3ccc(O)c(F)c3)no2)ccc1N. The molecule has 0 radical (unpaired) electrons. The third-order valence-electron chi connectivity index (χ3n) is 3.15. The van der Waals surface area contributed by atoms with Gasteiger partial charge in [-0.25, -0.2) is 4.39 Å². The second-order valence-electron chi connectivity index (χ2n) is 4.66. The van der Waals surface area contributed by atoms with E-state index in [9.17, 15) is 9.50 Å². The number of nitrogens with two attached hydrogens (primary N) is 1. The molecule has 21 heavy (non-hydrogen) atoms. The Morgan fingerprint density at radius 2 is 1.90 bits per heavy atom. The number of rotatable bonds is 2. The lowest BCUT2D eigenvalue weighted by atomic mass is 10.1. The van der Waals surface area contributed by atoms with Crippen molar-refractivity contribution < 1.29 is 14.0 Å². The highest BCUT2D eigenvalue weighted by atomic mass is 19.1. The van der Waals surface area contributed by atoms with Crippen LogP contribution in [0.1, 0.15) is 5.56 Å². The number of phenols is 1. The maximum Gasteiger partial charge on any atom is 0.258 e. The van der Waals surface area contributed by atoms with Crippen LogP contribution in [0.2, 0.25) is 0 Å². The Morgan fingerprint density at radius 3 is 2.62 bits per heavy atom. The summed E-state index contributed by atoms with van der Waals surface area (Å²) in [7, 11) is 0. The smallest absolute Gasteiger partial charge is 0.258 e. The molecule has 3 rings (SSSR count). The first-order valence-corrected chi connectivity index (χ1v) is 6.23. The van der Waals surface area contributed by atoms with Crippen LogP contribution in [0, 0.1) is 12.7 Å². The zero-order valence-corrected chi connectivity index (χ0v) is 11.2. The normalized spacial score (nSPS) is 10.8. The van der Waals surface area contributed by atoms with E-state index < -0.39 is 11.6 Å². The van der Waals surface area contributed by atoms with Crippen LogP contribution >= 0.6 is 0 Å². The molecule has 106 valence electrons. The van der Waals surface area contributed by atoms with Gasteiger partial charge in [0, 0.05) is 16.8 Å². The van der Waals surface area contributed by atoms with Gasteiger partial charge in [0.05, 0.1) is 0 Å². The Hall–Kier alpha value is -2.89. The van der Waals surface area contributed by atoms with Crippen molar-refractivity contribution in [2.75, 3.05) is 5.73 Å². The largest absolute Gasteiger partial charge is 0.505 e. The highest BCUT2D eigenvalue weighted by molar-refractivity contribution is 5.63. The summed E-state index contributed by atoms with van der Waals surface area (Å²) in [6.45, 7) is 1.88. The van der Waals surface area contributed by atoms with E-state index in [0.29, 0.717) is 17.1 Å². The molecule has 0 bridgehead atoms. The summed E-state index contributed by atoms with van der Waals surface area (Å²) in [4.78, 5) is 4.23. The highest BCUT2D eigenvalue weighted by Gasteiger charge is 2.13. The summed E-state index contributed by atoms with van der Waals surface area (Å²) in [6, 6.07) is 9.28. The average Bonchev–Trinajstić information content (AvgIpc) is 2.94. The summed E-state index contributed by atoms with van der Waals surface area (Å²) < 4.78 is 18.5. The predicted molar refractivity (Wildman–Crippen MR) is 75.9 cm³/mol. The summed E-state index contributed by atoms with van der Waals surface area (Å²) in [5, 5.41) is 13.0. The van der Waals surface area contributed by atoms with Gasteiger partial charge in [-0.05, 0) is 48.9 Å². The number of aromatic nitrogens is 2. The molecule has 0 aliphatic heterocycles. The molecule has 0 aliphatic rings. The summed E-state index contributed by atoms with van der Waals surface area (Å²) in [6.07, 6.45) is 0. The molecule has 3 aromatic rings. The number of hydrogen-bond donors (Lipinski definition) is 2. The topological polar surface area (TPSA) is 85.2 Å². The van der Waals surface area contributed by atoms with E-state index in [0.717, 1.165) is 17.2 Å². The number of aryl methyl sites for hydroxylation is 1. The first kappa shape index (κ1) is 13.1. The van der Waals surface area contributed by atoms with Gasteiger partial charge in [0.1, 0.15) is 0 Å². The molecule has 2 aromatic carbocycles. The van der Waals surface area contributed by atoms with Crippen molar-refractivity contribution in [3.63, 3.8) is 0 Å². The number of hydrogen-bond acceptors (Lipinski definition) is 5. The van der Waals surface area contributed by atoms with Crippen LogP contribution in [0.15, 0.2) is 40.9 Å². The maximum absolute atomic E-state index is 13.3. The third-order valence-corrected chi connectivity index (χ3v) is 3.15. The van der Waals surface area contributed by atoms with Crippen molar-refractivity contribution in [3.05, 3.63) is 47.8 Å². The monoisotopic (exact) mass is 285 g/mol. The first-order valence-electron chi connectivity index (χ1n) is 6.23. The first-order chi connectivity index (χ1) is 10.0. The number of nitrogen functional groups attached to an aromatic ring is 1. The molecule has 0 saturated heterocycles. The van der Waals surface area contributed by atoms with Crippen LogP contribution in [0.25, 0.3) is 22.8 Å². The number of benzene rings is 2. The van der Waals surface area contributed by atoms with Crippen LogP contribution in [0.5, 0.6) is 5.75 Å². The predicted octanol–water partition coefficient (Wildman–Crippen LogP) is 3.14. The fourth-order valence-electron chi connectivity index (χ4n) is 1.91. The molecule has 0 fully saturated rings. The van der Waals surface area contributed by atoms with Crippen molar-refractivity contribution in [3.8, 4) is 28.6 Å². The molecule has 0 amide bonds. The van der Waals surface area contributed by atoms with E-state index in [-0.39, 0.29) is 5.82 Å². The van der Waals surface area contributed by atoms with Crippen LogP contribution in [-0.2, 0) is 0 Å². The molecule has 0 unspecified atom stereocenters. The number of halogens is 1. The summed E-state index contributed by atoms with van der Waals surface area (Å²) >= 11 is 0. The minimum atomic E-state index is -0.734. The maximum atomic E-state index is 13.3. The van der Waals surface area contributed by atoms with E-state index in [1.165, 1.54) is 12.1 Å². The number of nitrogens with zero attached hydrogens (tertiary/aromatic N) is 2. The van der Waals surface area contributed by atoms with Gasteiger partial charge in [-0.1, -0.05) is 5.16 Å². The van der Waals surface area contributed by atoms with E-state index in [1.807, 2.05) is 13.0 Å². The molecule has 0 aliphatic carbocycles. The van der Waals surface area contributed by atoms with Crippen molar-refractivity contribution in [1.82, 2.24) is 10.1 Å². The van der Waals surface area contributed by atoms with Crippen LogP contribution in [0.3, 0.4) is 0 Å². The molecule has 1 aromatic heterocycles. The van der Waals surface area contributed by atoms with Crippen molar-refractivity contribution in [2.45, 2.75) is 6.92 Å². The van der Waals surface area contributed by atoms with E-state index in [1.54, 1.807) is 12.1 Å². The molecular weight excluding hydrogens is 273 g/mol. The lowest BCUT2D eigenvalue weighted by Crippen LogP contribution is -1.89. The van der Waals surface area contributed by atoms with Crippen LogP contribution in [-0.4, -0.2) is 15.2 Å². The second-order valence-corrected chi connectivity index (χ2v) is 4.66. The lowest BCUT2D eigenvalue weighted by Gasteiger charge is -2.00. The number of phenolic OH excluding ortho intramolecular Hbond substituents is 1. The van der Waals surface area contributed by atoms with Crippen molar-refractivity contribution in [2.24, 2.45) is 0 Å². The van der Waals surface area contributed by atoms with Gasteiger partial charge in [-0.3, -0.25) is 0 Å². The van der Waals surface area contributed by atoms with Gasteiger partial charge < -0.3 is 15.4 Å². The molecular formula is C15H12FN3O2. The van der Waals surface area contributed by atoms with Gasteiger partial charge in [0.25, 0.3) is 5.89 Å². The Labute approximate surface area is 119 Å². The van der Waals surface area contributed by atoms with Gasteiger partial charge in [-0.15, -0.1) is 0 Å². The standard InChI is InChI=1S/C15H12FN3O2/c1-8-6-10(2-4-12(8)17)15-18-14(19-21-15)9-3-5-13(20)11(16)7-9/h2-7,20H,17H2,1H3. The zero-order chi connectivity index (χ0) is 15.0. The Bertz CT molecular complexity index is 748. The molecule has 3 N–H and O–H groups in total. The quantitative estimate of drug-likeness (QED) is 0.706. The van der Waals surface area contributed by atoms with E-state index in [4.69, 9.17) is 10.3 Å². The molecule has 6 heteroatoms. The van der Waals surface area contributed by atoms with Crippen LogP contribution in [0.4, 0.5) is 10.1 Å². The Balaban J connectivity index is 1.99. The number of anilines is 1. The summed E-state index contributed by atoms with van der Waals surface area (Å²) in [5.41, 5.74) is 8.51. The van der Waals surface area contributed by atoms with Gasteiger partial charge in [0.15, 0.2) is 11.6 Å². The fraction of sp³-hybridized carbons (Fsp3) is 0.0667. The second kappa shape index (κ2) is 4.90. The van der Waals surface area contributed by atoms with Crippen molar-refractivity contribution in [1.29, 1.82) is 0 Å². The summed E-state index contributed by atoms with van der Waals surface area (Å²) in [5.74, 6) is -0.584. The average molecular weight is 285 g/mol. The van der Waals surface area contributed by atoms with Crippen molar-refractivity contribution >= 4 is 5.69 Å². The van der Waals surface area contributed by atoms with Crippen LogP contribution < -0.4 is 5.73 Å². The van der Waals surface area contributed by atoms with E-state index >= 15 is 0 Å². The Morgan fingerprint density at radius 1 is 1.14 bits per heavy atom. The van der Waals surface area contributed by atoms with Gasteiger partial charge in [-0.2, -0.15) is 4.98 Å². The van der Waals surface area contributed by atoms with Gasteiger partial charge >= 0.3 is 0 Å². The molecule has 1 heterocycles. The minimum absolute atomic E-state index is 0.248. The molecule has 0 saturated carbocycles. The zero-order valence-electron chi connectivity index (χ0n) is 11.2. The fourth-order valence-corrected chi connectivity index (χ4v) is 1.91. The molecule has 0 spiro atoms. The van der Waals surface area contributed by atoms with E-state index in [2.05, 4.69) is 10.1 Å². The highest BCUT2D eigenvalue weighted by Crippen LogP contribution is 2.26.